The van der Waals surface area contributed by atoms with Crippen LogP contribution in [0.3, 0.4) is 0 Å². The monoisotopic (exact) mass is 359 g/mol. The fourth-order valence-electron chi connectivity index (χ4n) is 3.10. The second kappa shape index (κ2) is 6.13. The van der Waals surface area contributed by atoms with E-state index < -0.39 is 0 Å². The molecule has 0 aromatic heterocycles. The number of benzene rings is 2. The number of carbonyl (C=O) groups is 1. The van der Waals surface area contributed by atoms with E-state index >= 15 is 0 Å². The summed E-state index contributed by atoms with van der Waals surface area (Å²) in [6.07, 6.45) is 4.34. The zero-order chi connectivity index (χ0) is 15.7. The van der Waals surface area contributed by atoms with Gasteiger partial charge in [0.15, 0.2) is 0 Å². The average molecular weight is 360 g/mol. The number of aryl methyl sites for hydroxylation is 1. The summed E-state index contributed by atoms with van der Waals surface area (Å²) in [5.74, 6) is 0.119. The summed E-state index contributed by atoms with van der Waals surface area (Å²) in [5, 5.41) is 13.2. The molecule has 0 bridgehead atoms. The summed E-state index contributed by atoms with van der Waals surface area (Å²) in [6, 6.07) is 9.56. The van der Waals surface area contributed by atoms with E-state index in [2.05, 4.69) is 27.3 Å². The van der Waals surface area contributed by atoms with E-state index in [1.807, 2.05) is 18.2 Å². The van der Waals surface area contributed by atoms with Crippen molar-refractivity contribution in [2.24, 2.45) is 0 Å². The van der Waals surface area contributed by atoms with Crippen LogP contribution in [0, 0.1) is 0 Å². The number of anilines is 1. The molecule has 0 saturated carbocycles. The first-order valence-corrected chi connectivity index (χ1v) is 8.27. The molecule has 0 aliphatic heterocycles. The van der Waals surface area contributed by atoms with Crippen molar-refractivity contribution < 1.29 is 9.90 Å². The van der Waals surface area contributed by atoms with E-state index in [0.717, 1.165) is 40.5 Å². The van der Waals surface area contributed by atoms with Gasteiger partial charge in [-0.15, -0.1) is 0 Å². The molecule has 2 N–H and O–H groups in total. The van der Waals surface area contributed by atoms with Crippen LogP contribution in [0.25, 0.3) is 11.1 Å². The number of nitrogens with one attached hydrogen (secondary N) is 1. The van der Waals surface area contributed by atoms with Crippen LogP contribution in [0.4, 0.5) is 5.69 Å². The van der Waals surface area contributed by atoms with E-state index in [0.29, 0.717) is 0 Å². The van der Waals surface area contributed by atoms with Gasteiger partial charge in [-0.3, -0.25) is 4.79 Å². The van der Waals surface area contributed by atoms with Crippen LogP contribution >= 0.6 is 15.9 Å². The van der Waals surface area contributed by atoms with Crippen molar-refractivity contribution in [2.75, 3.05) is 5.32 Å². The van der Waals surface area contributed by atoms with Crippen LogP contribution in [0.2, 0.25) is 0 Å². The summed E-state index contributed by atoms with van der Waals surface area (Å²) in [7, 11) is 0. The zero-order valence-electron chi connectivity index (χ0n) is 12.4. The predicted molar refractivity (Wildman–Crippen MR) is 92.2 cm³/mol. The average Bonchev–Trinajstić information content (AvgIpc) is 2.48. The molecule has 4 heteroatoms. The lowest BCUT2D eigenvalue weighted by Crippen LogP contribution is -2.13. The van der Waals surface area contributed by atoms with Gasteiger partial charge in [0.05, 0.1) is 5.69 Å². The quantitative estimate of drug-likeness (QED) is 0.819. The minimum atomic E-state index is -0.0863. The second-order valence-electron chi connectivity index (χ2n) is 5.68. The number of rotatable bonds is 2. The van der Waals surface area contributed by atoms with Crippen molar-refractivity contribution in [3.05, 3.63) is 45.9 Å². The fourth-order valence-corrected chi connectivity index (χ4v) is 3.45. The summed E-state index contributed by atoms with van der Waals surface area (Å²) < 4.78 is 0.827. The van der Waals surface area contributed by atoms with Crippen LogP contribution < -0.4 is 5.32 Å². The Labute approximate surface area is 138 Å². The van der Waals surface area contributed by atoms with Crippen molar-refractivity contribution in [3.8, 4) is 16.9 Å². The molecule has 0 radical (unpaired) electrons. The summed E-state index contributed by atoms with van der Waals surface area (Å²) >= 11 is 3.36. The first kappa shape index (κ1) is 15.1. The number of halogens is 1. The minimum absolute atomic E-state index is 0.0863. The Morgan fingerprint density at radius 1 is 1.14 bits per heavy atom. The number of phenols is 1. The summed E-state index contributed by atoms with van der Waals surface area (Å²) in [6.45, 7) is 1.52. The van der Waals surface area contributed by atoms with Crippen molar-refractivity contribution >= 4 is 27.5 Å². The fraction of sp³-hybridized carbons (Fsp3) is 0.278. The van der Waals surface area contributed by atoms with Crippen LogP contribution in [0.5, 0.6) is 5.75 Å². The molecule has 1 amide bonds. The van der Waals surface area contributed by atoms with Gasteiger partial charge in [-0.2, -0.15) is 0 Å². The molecule has 2 aromatic rings. The van der Waals surface area contributed by atoms with Crippen LogP contribution in [-0.2, 0) is 17.6 Å². The molecule has 1 aliphatic rings. The van der Waals surface area contributed by atoms with Crippen molar-refractivity contribution in [1.82, 2.24) is 0 Å². The Bertz CT molecular complexity index is 740. The molecular weight excluding hydrogens is 342 g/mol. The topological polar surface area (TPSA) is 49.3 Å². The first-order valence-electron chi connectivity index (χ1n) is 7.47. The molecule has 0 spiro atoms. The Morgan fingerprint density at radius 3 is 2.59 bits per heavy atom. The second-order valence-corrected chi connectivity index (χ2v) is 6.59. The van der Waals surface area contributed by atoms with Gasteiger partial charge in [0.2, 0.25) is 5.91 Å². The van der Waals surface area contributed by atoms with Gasteiger partial charge in [0.1, 0.15) is 5.75 Å². The Kier molecular flexibility index (Phi) is 4.21. The largest absolute Gasteiger partial charge is 0.507 e. The molecule has 0 atom stereocenters. The molecule has 0 heterocycles. The number of fused-ring (bicyclic) bond motifs is 1. The van der Waals surface area contributed by atoms with E-state index in [1.165, 1.54) is 24.5 Å². The molecule has 0 unspecified atom stereocenters. The van der Waals surface area contributed by atoms with E-state index in [4.69, 9.17) is 0 Å². The van der Waals surface area contributed by atoms with Crippen LogP contribution in [0.1, 0.15) is 30.9 Å². The maximum absolute atomic E-state index is 11.6. The SMILES string of the molecule is CC(=O)Nc1c(-c2ccc(Br)cc2O)ccc2c1CCCC2. The lowest BCUT2D eigenvalue weighted by molar-refractivity contribution is -0.114. The smallest absolute Gasteiger partial charge is 0.221 e. The molecule has 3 nitrogen and oxygen atoms in total. The van der Waals surface area contributed by atoms with Gasteiger partial charge < -0.3 is 10.4 Å². The van der Waals surface area contributed by atoms with Gasteiger partial charge in [0, 0.05) is 22.5 Å². The molecule has 1 aliphatic carbocycles. The lowest BCUT2D eigenvalue weighted by Gasteiger charge is -2.23. The van der Waals surface area contributed by atoms with E-state index in [9.17, 15) is 9.90 Å². The summed E-state index contributed by atoms with van der Waals surface area (Å²) in [4.78, 5) is 11.6. The number of amides is 1. The highest BCUT2D eigenvalue weighted by atomic mass is 79.9. The lowest BCUT2D eigenvalue weighted by atomic mass is 9.87. The number of hydrogen-bond donors (Lipinski definition) is 2. The van der Waals surface area contributed by atoms with Crippen LogP contribution in [0.15, 0.2) is 34.8 Å². The minimum Gasteiger partial charge on any atom is -0.507 e. The van der Waals surface area contributed by atoms with E-state index in [1.54, 1.807) is 6.07 Å². The van der Waals surface area contributed by atoms with Crippen molar-refractivity contribution in [2.45, 2.75) is 32.6 Å². The number of carbonyl (C=O) groups excluding carboxylic acids is 1. The third-order valence-corrected chi connectivity index (χ3v) is 4.58. The third-order valence-electron chi connectivity index (χ3n) is 4.08. The molecule has 114 valence electrons. The van der Waals surface area contributed by atoms with Crippen molar-refractivity contribution in [1.29, 1.82) is 0 Å². The molecule has 3 rings (SSSR count). The highest BCUT2D eigenvalue weighted by Gasteiger charge is 2.19. The van der Waals surface area contributed by atoms with Gasteiger partial charge in [-0.1, -0.05) is 28.1 Å². The number of hydrogen-bond acceptors (Lipinski definition) is 2. The predicted octanol–water partition coefficient (Wildman–Crippen LogP) is 4.66. The molecule has 0 saturated heterocycles. The van der Waals surface area contributed by atoms with Gasteiger partial charge in [-0.25, -0.2) is 0 Å². The molecular formula is C18H18BrNO2. The normalized spacial score (nSPS) is 13.5. The van der Waals surface area contributed by atoms with Gasteiger partial charge in [-0.05, 0) is 55.0 Å². The maximum atomic E-state index is 11.6. The van der Waals surface area contributed by atoms with Crippen LogP contribution in [-0.4, -0.2) is 11.0 Å². The Hall–Kier alpha value is -1.81. The number of phenolic OH excluding ortho intramolecular Hbond substituents is 1. The standard InChI is InChI=1S/C18H18BrNO2/c1-11(21)20-18-14-5-3-2-4-12(14)6-8-16(18)15-9-7-13(19)10-17(15)22/h6-10,22H,2-5H2,1H3,(H,20,21). The third kappa shape index (κ3) is 2.88. The first-order chi connectivity index (χ1) is 10.6. The Balaban J connectivity index is 2.20. The molecule has 2 aromatic carbocycles. The highest BCUT2D eigenvalue weighted by molar-refractivity contribution is 9.10. The summed E-state index contributed by atoms with van der Waals surface area (Å²) in [5.41, 5.74) is 4.97. The van der Waals surface area contributed by atoms with E-state index in [-0.39, 0.29) is 11.7 Å². The molecule has 22 heavy (non-hydrogen) atoms. The Morgan fingerprint density at radius 2 is 1.86 bits per heavy atom. The highest BCUT2D eigenvalue weighted by Crippen LogP contribution is 2.40. The van der Waals surface area contributed by atoms with Gasteiger partial charge in [0.25, 0.3) is 0 Å². The number of aromatic hydroxyl groups is 1. The van der Waals surface area contributed by atoms with Gasteiger partial charge >= 0.3 is 0 Å². The molecule has 0 fully saturated rings. The van der Waals surface area contributed by atoms with Crippen molar-refractivity contribution in [3.63, 3.8) is 0 Å². The maximum Gasteiger partial charge on any atom is 0.221 e. The zero-order valence-corrected chi connectivity index (χ0v) is 14.0.